The number of carbonyl (C=O) groups is 1. The van der Waals surface area contributed by atoms with Crippen LogP contribution in [0.15, 0.2) is 48.8 Å². The Morgan fingerprint density at radius 1 is 1.11 bits per heavy atom. The number of aromatic nitrogens is 2. The summed E-state index contributed by atoms with van der Waals surface area (Å²) in [7, 11) is 5.24. The largest absolute Gasteiger partial charge is 0.496 e. The molecule has 2 aromatic carbocycles. The maximum absolute atomic E-state index is 15.4. The zero-order valence-electron chi connectivity index (χ0n) is 16.1. The van der Waals surface area contributed by atoms with Crippen LogP contribution in [0.5, 0.6) is 5.75 Å². The first-order valence-corrected chi connectivity index (χ1v) is 8.90. The Morgan fingerprint density at radius 2 is 1.86 bits per heavy atom. The molecule has 0 bridgehead atoms. The van der Waals surface area contributed by atoms with Crippen LogP contribution in [0, 0.1) is 5.82 Å². The first kappa shape index (κ1) is 19.5. The lowest BCUT2D eigenvalue weighted by Gasteiger charge is -2.14. The summed E-state index contributed by atoms with van der Waals surface area (Å²) < 4.78 is 20.8. The number of hydrogen-bond donors (Lipinski definition) is 0. The Kier molecular flexibility index (Phi) is 5.99. The van der Waals surface area contributed by atoms with E-state index in [2.05, 4.69) is 9.97 Å². The Bertz CT molecular complexity index is 972. The van der Waals surface area contributed by atoms with Gasteiger partial charge in [0.15, 0.2) is 0 Å². The van der Waals surface area contributed by atoms with Gasteiger partial charge in [-0.3, -0.25) is 0 Å². The van der Waals surface area contributed by atoms with Gasteiger partial charge in [0, 0.05) is 39.3 Å². The number of ether oxygens (including phenoxy) is 1. The zero-order chi connectivity index (χ0) is 20.1. The van der Waals surface area contributed by atoms with Gasteiger partial charge in [-0.05, 0) is 28.3 Å². The van der Waals surface area contributed by atoms with E-state index in [-0.39, 0.29) is 12.2 Å². The molecule has 0 aliphatic rings. The number of halogens is 1. The number of hydrogen-bond acceptors (Lipinski definition) is 5. The van der Waals surface area contributed by atoms with E-state index in [1.54, 1.807) is 24.5 Å². The zero-order valence-corrected chi connectivity index (χ0v) is 16.1. The average Bonchev–Trinajstić information content (AvgIpc) is 2.70. The molecule has 0 unspecified atom stereocenters. The minimum absolute atomic E-state index is 0.285. The second-order valence-corrected chi connectivity index (χ2v) is 6.65. The van der Waals surface area contributed by atoms with Crippen molar-refractivity contribution in [3.63, 3.8) is 0 Å². The third-order valence-electron chi connectivity index (χ3n) is 4.42. The molecule has 1 aromatic heterocycles. The van der Waals surface area contributed by atoms with Crippen LogP contribution in [0.2, 0.25) is 0 Å². The third kappa shape index (κ3) is 4.17. The van der Waals surface area contributed by atoms with Crippen LogP contribution in [0.25, 0.3) is 11.1 Å². The summed E-state index contributed by atoms with van der Waals surface area (Å²) in [4.78, 5) is 21.2. The van der Waals surface area contributed by atoms with Crippen LogP contribution in [0.4, 0.5) is 10.3 Å². The van der Waals surface area contributed by atoms with Gasteiger partial charge in [-0.1, -0.05) is 30.3 Å². The molecule has 1 heterocycles. The minimum Gasteiger partial charge on any atom is -0.496 e. The van der Waals surface area contributed by atoms with Crippen molar-refractivity contribution in [2.24, 2.45) is 0 Å². The maximum Gasteiger partial charge on any atom is 0.224 e. The van der Waals surface area contributed by atoms with Gasteiger partial charge in [-0.2, -0.15) is 0 Å². The van der Waals surface area contributed by atoms with Gasteiger partial charge in [-0.15, -0.1) is 0 Å². The number of anilines is 1. The number of rotatable bonds is 7. The van der Waals surface area contributed by atoms with Gasteiger partial charge in [0.05, 0.1) is 12.7 Å². The molecule has 0 radical (unpaired) electrons. The predicted octanol–water partition coefficient (Wildman–Crippen LogP) is 3.69. The fourth-order valence-electron chi connectivity index (χ4n) is 3.02. The number of benzene rings is 2. The minimum atomic E-state index is -0.348. The molecule has 3 rings (SSSR count). The quantitative estimate of drug-likeness (QED) is 0.586. The SMILES string of the molecule is COc1ccc(Cc2cnc(N(C)C)nc2)c(F)c1-c1cccc(CC=O)c1. The maximum atomic E-state index is 15.4. The van der Waals surface area contributed by atoms with Gasteiger partial charge in [0.25, 0.3) is 0 Å². The smallest absolute Gasteiger partial charge is 0.224 e. The van der Waals surface area contributed by atoms with E-state index in [4.69, 9.17) is 4.74 Å². The van der Waals surface area contributed by atoms with Crippen molar-refractivity contribution >= 4 is 12.2 Å². The predicted molar refractivity (Wildman–Crippen MR) is 107 cm³/mol. The molecule has 28 heavy (non-hydrogen) atoms. The van der Waals surface area contributed by atoms with Crippen LogP contribution >= 0.6 is 0 Å². The summed E-state index contributed by atoms with van der Waals surface area (Å²) in [6, 6.07) is 10.8. The van der Waals surface area contributed by atoms with E-state index in [0.717, 1.165) is 17.4 Å². The molecule has 3 aromatic rings. The van der Waals surface area contributed by atoms with E-state index < -0.39 is 0 Å². The molecule has 5 nitrogen and oxygen atoms in total. The topological polar surface area (TPSA) is 55.3 Å². The van der Waals surface area contributed by atoms with Crippen molar-refractivity contribution in [3.05, 3.63) is 71.3 Å². The lowest BCUT2D eigenvalue weighted by atomic mass is 9.96. The number of aldehydes is 1. The summed E-state index contributed by atoms with van der Waals surface area (Å²) in [6.07, 6.45) is 4.89. The van der Waals surface area contributed by atoms with Crippen molar-refractivity contribution in [2.75, 3.05) is 26.1 Å². The van der Waals surface area contributed by atoms with E-state index in [1.165, 1.54) is 7.11 Å². The molecule has 0 saturated carbocycles. The summed E-state index contributed by atoms with van der Waals surface area (Å²) in [5, 5.41) is 0. The van der Waals surface area contributed by atoms with E-state index in [1.807, 2.05) is 43.3 Å². The molecule has 0 fully saturated rings. The van der Waals surface area contributed by atoms with E-state index >= 15 is 4.39 Å². The van der Waals surface area contributed by atoms with Gasteiger partial charge in [0.2, 0.25) is 5.95 Å². The molecule has 144 valence electrons. The van der Waals surface area contributed by atoms with Crippen LogP contribution in [-0.4, -0.2) is 37.5 Å². The first-order chi connectivity index (χ1) is 13.5. The molecule has 0 saturated heterocycles. The van der Waals surface area contributed by atoms with Crippen LogP contribution < -0.4 is 9.64 Å². The standard InChI is InChI=1S/C22H22FN3O2/c1-26(2)22-24-13-16(14-25-22)12-18-7-8-19(28-3)20(21(18)23)17-6-4-5-15(11-17)9-10-27/h4-8,10-11,13-14H,9,12H2,1-3H3. The lowest BCUT2D eigenvalue weighted by molar-refractivity contribution is -0.107. The highest BCUT2D eigenvalue weighted by atomic mass is 19.1. The van der Waals surface area contributed by atoms with Gasteiger partial charge in [-0.25, -0.2) is 14.4 Å². The van der Waals surface area contributed by atoms with Crippen molar-refractivity contribution < 1.29 is 13.9 Å². The van der Waals surface area contributed by atoms with E-state index in [9.17, 15) is 4.79 Å². The molecule has 0 N–H and O–H groups in total. The number of methoxy groups -OCH3 is 1. The molecule has 0 aliphatic heterocycles. The molecule has 0 amide bonds. The summed E-state index contributed by atoms with van der Waals surface area (Å²) in [5.74, 6) is 0.703. The van der Waals surface area contributed by atoms with Crippen molar-refractivity contribution in [3.8, 4) is 16.9 Å². The highest BCUT2D eigenvalue weighted by Crippen LogP contribution is 2.35. The van der Waals surface area contributed by atoms with E-state index in [0.29, 0.717) is 34.8 Å². The van der Waals surface area contributed by atoms with Crippen LogP contribution in [0.3, 0.4) is 0 Å². The monoisotopic (exact) mass is 379 g/mol. The van der Waals surface area contributed by atoms with Crippen molar-refractivity contribution in [2.45, 2.75) is 12.8 Å². The second-order valence-electron chi connectivity index (χ2n) is 6.65. The molecule has 0 spiro atoms. The third-order valence-corrected chi connectivity index (χ3v) is 4.42. The Hall–Kier alpha value is -3.28. The molecular formula is C22H22FN3O2. The Balaban J connectivity index is 1.99. The van der Waals surface area contributed by atoms with Crippen molar-refractivity contribution in [1.82, 2.24) is 9.97 Å². The van der Waals surface area contributed by atoms with Gasteiger partial charge >= 0.3 is 0 Å². The summed E-state index contributed by atoms with van der Waals surface area (Å²) in [6.45, 7) is 0. The Morgan fingerprint density at radius 3 is 2.50 bits per heavy atom. The average molecular weight is 379 g/mol. The normalized spacial score (nSPS) is 10.6. The molecule has 6 heteroatoms. The lowest BCUT2D eigenvalue weighted by Crippen LogP contribution is -2.12. The number of nitrogens with zero attached hydrogens (tertiary/aromatic N) is 3. The fraction of sp³-hybridized carbons (Fsp3) is 0.227. The highest BCUT2D eigenvalue weighted by Gasteiger charge is 2.17. The van der Waals surface area contributed by atoms with Gasteiger partial charge in [0.1, 0.15) is 17.9 Å². The fourth-order valence-corrected chi connectivity index (χ4v) is 3.02. The molecule has 0 aliphatic carbocycles. The molecular weight excluding hydrogens is 357 g/mol. The first-order valence-electron chi connectivity index (χ1n) is 8.90. The van der Waals surface area contributed by atoms with Crippen LogP contribution in [0.1, 0.15) is 16.7 Å². The van der Waals surface area contributed by atoms with Crippen molar-refractivity contribution in [1.29, 1.82) is 0 Å². The highest BCUT2D eigenvalue weighted by molar-refractivity contribution is 5.73. The van der Waals surface area contributed by atoms with Crippen LogP contribution in [-0.2, 0) is 17.6 Å². The summed E-state index contributed by atoms with van der Waals surface area (Å²) >= 11 is 0. The summed E-state index contributed by atoms with van der Waals surface area (Å²) in [5.41, 5.74) is 3.23. The van der Waals surface area contributed by atoms with Gasteiger partial charge < -0.3 is 14.4 Å². The second kappa shape index (κ2) is 8.61. The number of carbonyl (C=O) groups excluding carboxylic acids is 1. The molecule has 0 atom stereocenters. The Labute approximate surface area is 163 Å².